The fourth-order valence-electron chi connectivity index (χ4n) is 6.12. The van der Waals surface area contributed by atoms with Crippen molar-refractivity contribution in [2.75, 3.05) is 73.7 Å². The minimum Gasteiger partial charge on any atom is -0.497 e. The van der Waals surface area contributed by atoms with Crippen LogP contribution in [0.4, 0.5) is 0 Å². The van der Waals surface area contributed by atoms with Gasteiger partial charge in [0.05, 0.1) is 26.3 Å². The molecule has 0 saturated carbocycles. The van der Waals surface area contributed by atoms with Gasteiger partial charge in [-0.25, -0.2) is 0 Å². The zero-order valence-corrected chi connectivity index (χ0v) is 20.0. The van der Waals surface area contributed by atoms with Crippen LogP contribution in [0, 0.1) is 5.92 Å². The zero-order valence-electron chi connectivity index (χ0n) is 20.0. The van der Waals surface area contributed by atoms with Gasteiger partial charge in [0, 0.05) is 67.5 Å². The summed E-state index contributed by atoms with van der Waals surface area (Å²) in [5, 5.41) is 11.5. The van der Waals surface area contributed by atoms with E-state index in [0.29, 0.717) is 19.0 Å². The number of methoxy groups -OCH3 is 1. The molecular formula is C25H36N4O4. The summed E-state index contributed by atoms with van der Waals surface area (Å²) in [5.41, 5.74) is 3.13. The Balaban J connectivity index is 1.50. The summed E-state index contributed by atoms with van der Waals surface area (Å²) >= 11 is 0. The van der Waals surface area contributed by atoms with Gasteiger partial charge in [-0.3, -0.25) is 4.79 Å². The van der Waals surface area contributed by atoms with E-state index < -0.39 is 0 Å². The van der Waals surface area contributed by atoms with Crippen LogP contribution in [0.15, 0.2) is 18.2 Å². The van der Waals surface area contributed by atoms with Crippen molar-refractivity contribution in [2.45, 2.75) is 24.3 Å². The first-order chi connectivity index (χ1) is 15.9. The highest BCUT2D eigenvalue weighted by molar-refractivity contribution is 5.89. The number of benzene rings is 1. The van der Waals surface area contributed by atoms with Crippen molar-refractivity contribution in [3.05, 3.63) is 29.5 Å². The second-order valence-corrected chi connectivity index (χ2v) is 10.3. The van der Waals surface area contributed by atoms with Crippen LogP contribution in [0.2, 0.25) is 0 Å². The molecule has 0 unspecified atom stereocenters. The monoisotopic (exact) mass is 456 g/mol. The van der Waals surface area contributed by atoms with Crippen LogP contribution in [0.25, 0.3) is 10.9 Å². The van der Waals surface area contributed by atoms with Crippen molar-refractivity contribution in [3.8, 4) is 5.75 Å². The first-order valence-electron chi connectivity index (χ1n) is 12.0. The van der Waals surface area contributed by atoms with Crippen LogP contribution in [0.1, 0.15) is 30.1 Å². The Morgan fingerprint density at radius 3 is 2.70 bits per heavy atom. The second-order valence-electron chi connectivity index (χ2n) is 10.3. The third kappa shape index (κ3) is 4.03. The van der Waals surface area contributed by atoms with Gasteiger partial charge in [0.1, 0.15) is 5.75 Å². The number of hydrogen-bond acceptors (Lipinski definition) is 6. The fraction of sp³-hybridized carbons (Fsp3) is 0.640. The number of rotatable bonds is 6. The molecule has 8 nitrogen and oxygen atoms in total. The molecule has 1 amide bonds. The Morgan fingerprint density at radius 1 is 1.27 bits per heavy atom. The fourth-order valence-corrected chi connectivity index (χ4v) is 6.12. The minimum atomic E-state index is -0.360. The summed E-state index contributed by atoms with van der Waals surface area (Å²) in [7, 11) is 5.49. The van der Waals surface area contributed by atoms with Gasteiger partial charge in [-0.2, -0.15) is 0 Å². The molecule has 33 heavy (non-hydrogen) atoms. The molecule has 2 saturated heterocycles. The lowest BCUT2D eigenvalue weighted by atomic mass is 9.68. The van der Waals surface area contributed by atoms with Gasteiger partial charge in [0.15, 0.2) is 0 Å². The summed E-state index contributed by atoms with van der Waals surface area (Å²) in [5.74, 6) is 1.54. The lowest BCUT2D eigenvalue weighted by Crippen LogP contribution is -2.67. The highest BCUT2D eigenvalue weighted by atomic mass is 16.5. The molecule has 2 N–H and O–H groups in total. The van der Waals surface area contributed by atoms with Crippen molar-refractivity contribution in [1.29, 1.82) is 0 Å². The van der Waals surface area contributed by atoms with E-state index in [-0.39, 0.29) is 24.0 Å². The number of H-pyrrole nitrogens is 1. The zero-order chi connectivity index (χ0) is 23.2. The van der Waals surface area contributed by atoms with Gasteiger partial charge >= 0.3 is 0 Å². The number of ether oxygens (including phenoxy) is 2. The molecular weight excluding hydrogens is 420 g/mol. The highest BCUT2D eigenvalue weighted by Gasteiger charge is 2.53. The Hall–Kier alpha value is -2.13. The van der Waals surface area contributed by atoms with Crippen LogP contribution < -0.4 is 4.74 Å². The molecule has 8 heteroatoms. The van der Waals surface area contributed by atoms with Crippen LogP contribution in [0.3, 0.4) is 0 Å². The number of aliphatic hydroxyl groups is 1. The number of aromatic amines is 1. The number of nitrogens with one attached hydrogen (secondary N) is 1. The van der Waals surface area contributed by atoms with E-state index in [1.807, 2.05) is 36.0 Å². The van der Waals surface area contributed by atoms with E-state index in [9.17, 15) is 9.90 Å². The average molecular weight is 457 g/mol. The van der Waals surface area contributed by atoms with Gasteiger partial charge in [0.25, 0.3) is 0 Å². The smallest absolute Gasteiger partial charge is 0.237 e. The molecule has 2 fully saturated rings. The third-order valence-electron chi connectivity index (χ3n) is 7.60. The molecule has 4 heterocycles. The predicted molar refractivity (Wildman–Crippen MR) is 127 cm³/mol. The van der Waals surface area contributed by atoms with Gasteiger partial charge in [-0.15, -0.1) is 0 Å². The van der Waals surface area contributed by atoms with Crippen molar-refractivity contribution in [3.63, 3.8) is 0 Å². The summed E-state index contributed by atoms with van der Waals surface area (Å²) in [6, 6.07) is 5.78. The lowest BCUT2D eigenvalue weighted by Gasteiger charge is -2.57. The molecule has 3 aliphatic heterocycles. The molecule has 1 atom stereocenters. The van der Waals surface area contributed by atoms with Gasteiger partial charge < -0.3 is 34.3 Å². The van der Waals surface area contributed by atoms with Crippen molar-refractivity contribution in [1.82, 2.24) is 19.7 Å². The van der Waals surface area contributed by atoms with Gasteiger partial charge in [-0.05, 0) is 50.6 Å². The first-order valence-corrected chi connectivity index (χ1v) is 12.0. The highest BCUT2D eigenvalue weighted by Crippen LogP contribution is 2.48. The number of hydrogen-bond donors (Lipinski definition) is 2. The quantitative estimate of drug-likeness (QED) is 0.687. The number of aliphatic hydroxyl groups excluding tert-OH is 1. The molecule has 3 aliphatic rings. The average Bonchev–Trinajstić information content (AvgIpc) is 3.17. The Labute approximate surface area is 195 Å². The Bertz CT molecular complexity index is 1010. The van der Waals surface area contributed by atoms with E-state index in [4.69, 9.17) is 9.47 Å². The normalized spacial score (nSPS) is 23.2. The number of likely N-dealkylation sites (N-methyl/N-ethyl adjacent to an activating group) is 1. The summed E-state index contributed by atoms with van der Waals surface area (Å²) < 4.78 is 11.0. The number of nitrogens with zero attached hydrogens (tertiary/aromatic N) is 3. The summed E-state index contributed by atoms with van der Waals surface area (Å²) in [6.07, 6.45) is 2.25. The topological polar surface area (TPSA) is 81.3 Å². The predicted octanol–water partition coefficient (Wildman–Crippen LogP) is 1.59. The maximum Gasteiger partial charge on any atom is 0.237 e. The Kier molecular flexibility index (Phi) is 6.11. The SMILES string of the molecule is COc1ccc2c3c([nH]c2c1)[C@H](CO)N(C(=O)CN(C)C)CC31CN(CC2CCOCC2)C1. The molecule has 180 valence electrons. The largest absolute Gasteiger partial charge is 0.497 e. The maximum absolute atomic E-state index is 13.2. The molecule has 0 radical (unpaired) electrons. The maximum atomic E-state index is 13.2. The number of likely N-dealkylation sites (tertiary alicyclic amines) is 1. The number of carbonyl (C=O) groups excluding carboxylic acids is 1. The number of aromatic nitrogens is 1. The van der Waals surface area contributed by atoms with Crippen LogP contribution >= 0.6 is 0 Å². The third-order valence-corrected chi connectivity index (χ3v) is 7.60. The number of fused-ring (bicyclic) bond motifs is 4. The van der Waals surface area contributed by atoms with E-state index in [1.54, 1.807) is 7.11 Å². The first kappa shape index (κ1) is 22.7. The number of carbonyl (C=O) groups is 1. The van der Waals surface area contributed by atoms with E-state index in [2.05, 4.69) is 16.0 Å². The molecule has 1 spiro atoms. The van der Waals surface area contributed by atoms with Crippen molar-refractivity contribution >= 4 is 16.8 Å². The molecule has 1 aromatic carbocycles. The molecule has 2 aromatic rings. The molecule has 1 aromatic heterocycles. The van der Waals surface area contributed by atoms with Crippen molar-refractivity contribution in [2.24, 2.45) is 5.92 Å². The summed E-state index contributed by atoms with van der Waals surface area (Å²) in [6.45, 7) is 5.55. The standard InChI is InChI=1S/C25H36N4O4/c1-27(2)12-22(31)29-16-25(14-28(15-25)11-17-6-8-33-9-7-17)23-19-5-4-18(32-3)10-20(19)26-24(23)21(29)13-30/h4-5,10,17,21,26,30H,6-9,11-16H2,1-3H3/t21-/m0/s1. The minimum absolute atomic E-state index is 0.0585. The van der Waals surface area contributed by atoms with Crippen LogP contribution in [0.5, 0.6) is 5.75 Å². The van der Waals surface area contributed by atoms with Gasteiger partial charge in [-0.1, -0.05) is 0 Å². The van der Waals surface area contributed by atoms with E-state index >= 15 is 0 Å². The van der Waals surface area contributed by atoms with Crippen molar-refractivity contribution < 1.29 is 19.4 Å². The van der Waals surface area contributed by atoms with E-state index in [0.717, 1.165) is 62.6 Å². The molecule has 0 bridgehead atoms. The van der Waals surface area contributed by atoms with Crippen LogP contribution in [-0.4, -0.2) is 104 Å². The lowest BCUT2D eigenvalue weighted by molar-refractivity contribution is -0.139. The molecule has 0 aliphatic carbocycles. The van der Waals surface area contributed by atoms with Crippen LogP contribution in [-0.2, 0) is 14.9 Å². The summed E-state index contributed by atoms with van der Waals surface area (Å²) in [4.78, 5) is 23.1. The van der Waals surface area contributed by atoms with E-state index in [1.165, 1.54) is 10.9 Å². The molecule has 5 rings (SSSR count). The van der Waals surface area contributed by atoms with Gasteiger partial charge in [0.2, 0.25) is 5.91 Å². The number of amides is 1. The Morgan fingerprint density at radius 2 is 2.03 bits per heavy atom. The second kappa shape index (κ2) is 8.91.